The third-order valence-electron chi connectivity index (χ3n) is 5.54. The second kappa shape index (κ2) is 5.01. The second-order valence-electron chi connectivity index (χ2n) is 6.81. The minimum Gasteiger partial charge on any atom is -0.390 e. The number of rotatable bonds is 1. The van der Waals surface area contributed by atoms with Crippen molar-refractivity contribution in [1.29, 1.82) is 0 Å². The Balaban J connectivity index is 1.61. The first kappa shape index (κ1) is 13.8. The molecule has 0 amide bonds. The van der Waals surface area contributed by atoms with Gasteiger partial charge in [0.1, 0.15) is 0 Å². The Bertz CT molecular complexity index is 418. The predicted octanol–water partition coefficient (Wildman–Crippen LogP) is 1.19. The first-order valence-corrected chi connectivity index (χ1v) is 9.44. The third-order valence-corrected chi connectivity index (χ3v) is 7.23. The van der Waals surface area contributed by atoms with E-state index in [1.54, 1.807) is 0 Å². The maximum atomic E-state index is 11.6. The number of nitrogens with zero attached hydrogens (tertiary/aromatic N) is 1. The number of aliphatic hydroxyl groups excluding tert-OH is 1. The highest BCUT2D eigenvalue weighted by Crippen LogP contribution is 2.45. The van der Waals surface area contributed by atoms with Crippen molar-refractivity contribution in [1.82, 2.24) is 4.90 Å². The first-order valence-electron chi connectivity index (χ1n) is 7.62. The van der Waals surface area contributed by atoms with Crippen LogP contribution in [0.4, 0.5) is 0 Å². The molecule has 5 heteroatoms. The van der Waals surface area contributed by atoms with Crippen LogP contribution >= 0.6 is 0 Å². The molecule has 3 rings (SSSR count). The fourth-order valence-electron chi connectivity index (χ4n) is 4.29. The number of aliphatic hydroxyl groups is 1. The number of sulfone groups is 1. The van der Waals surface area contributed by atoms with Gasteiger partial charge in [0.25, 0.3) is 0 Å². The standard InChI is InChI=1S/C14H25NO3S/c16-13-11-19(17,18)10-12(13)15-8-6-14(7-9-15)4-2-1-3-5-14/h12-13,16H,1-11H2. The van der Waals surface area contributed by atoms with Gasteiger partial charge in [-0.1, -0.05) is 19.3 Å². The molecule has 0 aromatic rings. The molecule has 1 aliphatic carbocycles. The maximum Gasteiger partial charge on any atom is 0.154 e. The summed E-state index contributed by atoms with van der Waals surface area (Å²) < 4.78 is 23.2. The summed E-state index contributed by atoms with van der Waals surface area (Å²) in [7, 11) is -3.02. The molecule has 1 saturated carbocycles. The van der Waals surface area contributed by atoms with Gasteiger partial charge in [-0.05, 0) is 44.2 Å². The van der Waals surface area contributed by atoms with Gasteiger partial charge in [0.15, 0.2) is 9.84 Å². The SMILES string of the molecule is O=S1(=O)CC(O)C(N2CCC3(CCCCC3)CC2)C1. The lowest BCUT2D eigenvalue weighted by Gasteiger charge is -2.46. The van der Waals surface area contributed by atoms with E-state index in [9.17, 15) is 13.5 Å². The van der Waals surface area contributed by atoms with Gasteiger partial charge in [-0.15, -0.1) is 0 Å². The summed E-state index contributed by atoms with van der Waals surface area (Å²) in [4.78, 5) is 2.23. The molecule has 3 aliphatic rings. The van der Waals surface area contributed by atoms with E-state index in [4.69, 9.17) is 0 Å². The molecule has 2 unspecified atom stereocenters. The molecule has 0 aromatic heterocycles. The summed E-state index contributed by atoms with van der Waals surface area (Å²) in [5.41, 5.74) is 0.539. The molecule has 2 aliphatic heterocycles. The fraction of sp³-hybridized carbons (Fsp3) is 1.00. The van der Waals surface area contributed by atoms with Crippen LogP contribution in [-0.2, 0) is 9.84 Å². The van der Waals surface area contributed by atoms with Crippen molar-refractivity contribution in [3.05, 3.63) is 0 Å². The molecule has 1 N–H and O–H groups in total. The molecule has 4 nitrogen and oxygen atoms in total. The lowest BCUT2D eigenvalue weighted by molar-refractivity contribution is 0.0158. The van der Waals surface area contributed by atoms with Crippen LogP contribution in [0.3, 0.4) is 0 Å². The van der Waals surface area contributed by atoms with E-state index in [-0.39, 0.29) is 17.5 Å². The van der Waals surface area contributed by atoms with Crippen LogP contribution < -0.4 is 0 Å². The normalized spacial score (nSPS) is 38.6. The molecule has 2 heterocycles. The molecule has 1 spiro atoms. The van der Waals surface area contributed by atoms with Crippen molar-refractivity contribution in [2.45, 2.75) is 57.1 Å². The van der Waals surface area contributed by atoms with Crippen molar-refractivity contribution < 1.29 is 13.5 Å². The molecule has 0 radical (unpaired) electrons. The summed E-state index contributed by atoms with van der Waals surface area (Å²) in [5, 5.41) is 9.96. The number of hydrogen-bond donors (Lipinski definition) is 1. The van der Waals surface area contributed by atoms with Gasteiger partial charge < -0.3 is 5.11 Å². The summed E-state index contributed by atoms with van der Waals surface area (Å²) >= 11 is 0. The largest absolute Gasteiger partial charge is 0.390 e. The van der Waals surface area contributed by atoms with Crippen molar-refractivity contribution in [2.75, 3.05) is 24.6 Å². The van der Waals surface area contributed by atoms with Gasteiger partial charge in [0, 0.05) is 0 Å². The Morgan fingerprint density at radius 1 is 0.947 bits per heavy atom. The average Bonchev–Trinajstić information content (AvgIpc) is 2.65. The molecular formula is C14H25NO3S. The summed E-state index contributed by atoms with van der Waals surface area (Å²) in [6.07, 6.45) is 8.52. The summed E-state index contributed by atoms with van der Waals surface area (Å²) in [6, 6.07) is -0.147. The smallest absolute Gasteiger partial charge is 0.154 e. The van der Waals surface area contributed by atoms with Crippen LogP contribution in [-0.4, -0.2) is 55.2 Å². The van der Waals surface area contributed by atoms with Gasteiger partial charge in [0.05, 0.1) is 23.7 Å². The molecule has 110 valence electrons. The first-order chi connectivity index (χ1) is 9.00. The topological polar surface area (TPSA) is 57.6 Å². The van der Waals surface area contributed by atoms with E-state index >= 15 is 0 Å². The molecule has 3 fully saturated rings. The highest BCUT2D eigenvalue weighted by atomic mass is 32.2. The van der Waals surface area contributed by atoms with E-state index in [1.165, 1.54) is 44.9 Å². The van der Waals surface area contributed by atoms with Gasteiger partial charge in [-0.3, -0.25) is 4.90 Å². The fourth-order valence-corrected chi connectivity index (χ4v) is 6.12. The Hall–Kier alpha value is -0.130. The highest BCUT2D eigenvalue weighted by molar-refractivity contribution is 7.91. The van der Waals surface area contributed by atoms with Gasteiger partial charge in [0.2, 0.25) is 0 Å². The minimum absolute atomic E-state index is 0.0424. The van der Waals surface area contributed by atoms with E-state index in [0.29, 0.717) is 5.41 Å². The van der Waals surface area contributed by atoms with Crippen LogP contribution in [0, 0.1) is 5.41 Å². The van der Waals surface area contributed by atoms with Crippen LogP contribution in [0.5, 0.6) is 0 Å². The third kappa shape index (κ3) is 2.83. The Labute approximate surface area is 116 Å². The molecule has 0 aromatic carbocycles. The van der Waals surface area contributed by atoms with Gasteiger partial charge >= 0.3 is 0 Å². The minimum atomic E-state index is -3.02. The number of piperidine rings is 1. The van der Waals surface area contributed by atoms with E-state index < -0.39 is 15.9 Å². The van der Waals surface area contributed by atoms with Crippen molar-refractivity contribution in [3.8, 4) is 0 Å². The molecule has 2 atom stereocenters. The lowest BCUT2D eigenvalue weighted by Crippen LogP contribution is -2.49. The summed E-state index contributed by atoms with van der Waals surface area (Å²) in [5.74, 6) is 0.112. The summed E-state index contributed by atoms with van der Waals surface area (Å²) in [6.45, 7) is 1.94. The number of likely N-dealkylation sites (tertiary alicyclic amines) is 1. The number of hydrogen-bond acceptors (Lipinski definition) is 4. The van der Waals surface area contributed by atoms with Gasteiger partial charge in [-0.25, -0.2) is 8.42 Å². The molecule has 2 saturated heterocycles. The molecule has 0 bridgehead atoms. The monoisotopic (exact) mass is 287 g/mol. The zero-order chi connectivity index (χ0) is 13.5. The Kier molecular flexibility index (Phi) is 3.65. The van der Waals surface area contributed by atoms with Crippen LogP contribution in [0.1, 0.15) is 44.9 Å². The van der Waals surface area contributed by atoms with Crippen LogP contribution in [0.15, 0.2) is 0 Å². The maximum absolute atomic E-state index is 11.6. The van der Waals surface area contributed by atoms with Crippen molar-refractivity contribution in [3.63, 3.8) is 0 Å². The lowest BCUT2D eigenvalue weighted by atomic mass is 9.68. The van der Waals surface area contributed by atoms with E-state index in [1.807, 2.05) is 0 Å². The zero-order valence-corrected chi connectivity index (χ0v) is 12.4. The molecule has 19 heavy (non-hydrogen) atoms. The Morgan fingerprint density at radius 3 is 2.11 bits per heavy atom. The second-order valence-corrected chi connectivity index (χ2v) is 8.96. The average molecular weight is 287 g/mol. The highest BCUT2D eigenvalue weighted by Gasteiger charge is 2.43. The zero-order valence-electron chi connectivity index (χ0n) is 11.6. The Morgan fingerprint density at radius 2 is 1.58 bits per heavy atom. The molecular weight excluding hydrogens is 262 g/mol. The van der Waals surface area contributed by atoms with E-state index in [2.05, 4.69) is 4.90 Å². The van der Waals surface area contributed by atoms with Crippen LogP contribution in [0.2, 0.25) is 0 Å². The van der Waals surface area contributed by atoms with E-state index in [0.717, 1.165) is 13.1 Å². The van der Waals surface area contributed by atoms with Crippen molar-refractivity contribution >= 4 is 9.84 Å². The van der Waals surface area contributed by atoms with Gasteiger partial charge in [-0.2, -0.15) is 0 Å². The predicted molar refractivity (Wildman–Crippen MR) is 74.8 cm³/mol. The van der Waals surface area contributed by atoms with Crippen LogP contribution in [0.25, 0.3) is 0 Å². The van der Waals surface area contributed by atoms with Crippen molar-refractivity contribution in [2.24, 2.45) is 5.41 Å². The quantitative estimate of drug-likeness (QED) is 0.787.